The van der Waals surface area contributed by atoms with E-state index in [1.807, 2.05) is 0 Å². The smallest absolute Gasteiger partial charge is 0.339 e. The molecule has 0 heterocycles. The minimum absolute atomic E-state index is 0.0322. The number of esters is 2. The van der Waals surface area contributed by atoms with E-state index in [0.717, 1.165) is 57.1 Å². The molecule has 0 unspecified atom stereocenters. The zero-order valence-electron chi connectivity index (χ0n) is 24.9. The Labute approximate surface area is 248 Å². The lowest BCUT2D eigenvalue weighted by atomic mass is 9.94. The number of non-ortho nitro benzene ring substituents is 1. The van der Waals surface area contributed by atoms with E-state index in [4.69, 9.17) is 9.47 Å². The zero-order chi connectivity index (χ0) is 30.7. The first kappa shape index (κ1) is 34.4. The Morgan fingerprint density at radius 2 is 1.17 bits per heavy atom. The van der Waals surface area contributed by atoms with Crippen LogP contribution < -0.4 is 0 Å². The summed E-state index contributed by atoms with van der Waals surface area (Å²) < 4.78 is 11.0. The first-order valence-electron chi connectivity index (χ1n) is 15.2. The second-order valence-electron chi connectivity index (χ2n) is 10.5. The molecule has 0 fully saturated rings. The molecule has 0 atom stereocenters. The van der Waals surface area contributed by atoms with Crippen molar-refractivity contribution in [2.75, 3.05) is 13.2 Å². The van der Waals surface area contributed by atoms with Crippen molar-refractivity contribution in [1.29, 1.82) is 0 Å². The quantitative estimate of drug-likeness (QED) is 0.0613. The van der Waals surface area contributed by atoms with Crippen LogP contribution >= 0.6 is 0 Å². The number of hydrogen-bond acceptors (Lipinski definition) is 8. The van der Waals surface area contributed by atoms with Gasteiger partial charge in [-0.1, -0.05) is 103 Å². The van der Waals surface area contributed by atoms with Crippen LogP contribution in [0.4, 0.5) is 11.4 Å². The number of hydrogen-bond donors (Lipinski definition) is 0. The molecule has 0 saturated heterocycles. The van der Waals surface area contributed by atoms with Crippen LogP contribution in [-0.4, -0.2) is 35.0 Å². The zero-order valence-corrected chi connectivity index (χ0v) is 24.9. The van der Waals surface area contributed by atoms with Gasteiger partial charge in [0.25, 0.3) is 11.4 Å². The summed E-state index contributed by atoms with van der Waals surface area (Å²) in [6.07, 6.45) is 14.5. The third-order valence-corrected chi connectivity index (χ3v) is 7.13. The van der Waals surface area contributed by atoms with Crippen LogP contribution in [0.15, 0.2) is 36.4 Å². The molecule has 0 aliphatic carbocycles. The number of benzene rings is 2. The molecule has 0 amide bonds. The fraction of sp³-hybridized carbons (Fsp3) is 0.562. The molecule has 42 heavy (non-hydrogen) atoms. The number of nitro groups is 2. The third-order valence-electron chi connectivity index (χ3n) is 7.13. The van der Waals surface area contributed by atoms with E-state index in [1.54, 1.807) is 0 Å². The molecule has 230 valence electrons. The maximum absolute atomic E-state index is 13.4. The van der Waals surface area contributed by atoms with Gasteiger partial charge < -0.3 is 9.47 Å². The van der Waals surface area contributed by atoms with Crippen LogP contribution in [0, 0.1) is 20.2 Å². The summed E-state index contributed by atoms with van der Waals surface area (Å²) in [6.45, 7) is 4.63. The largest absolute Gasteiger partial charge is 0.462 e. The SMILES string of the molecule is CCCCCCCCCOC(=O)c1cccc(-c2ccc([N+](=O)[O-])cc2[N+](=O)[O-])c1C(=O)OCCCCCCCCC. The van der Waals surface area contributed by atoms with E-state index in [9.17, 15) is 29.8 Å². The highest BCUT2D eigenvalue weighted by atomic mass is 16.6. The number of carbonyl (C=O) groups is 2. The van der Waals surface area contributed by atoms with E-state index >= 15 is 0 Å². The molecule has 0 spiro atoms. The molecular weight excluding hydrogens is 540 g/mol. The van der Waals surface area contributed by atoms with Crippen LogP contribution in [0.1, 0.15) is 124 Å². The minimum Gasteiger partial charge on any atom is -0.462 e. The molecule has 10 nitrogen and oxygen atoms in total. The van der Waals surface area contributed by atoms with Crippen LogP contribution in [0.2, 0.25) is 0 Å². The van der Waals surface area contributed by atoms with Crippen molar-refractivity contribution < 1.29 is 28.9 Å². The van der Waals surface area contributed by atoms with E-state index in [1.165, 1.54) is 56.4 Å². The summed E-state index contributed by atoms with van der Waals surface area (Å²) in [5, 5.41) is 23.1. The van der Waals surface area contributed by atoms with Crippen molar-refractivity contribution in [3.8, 4) is 11.1 Å². The maximum Gasteiger partial charge on any atom is 0.339 e. The third kappa shape index (κ3) is 11.2. The molecule has 2 aromatic carbocycles. The molecule has 0 aliphatic rings. The second kappa shape index (κ2) is 19.3. The number of ether oxygens (including phenoxy) is 2. The molecule has 0 N–H and O–H groups in total. The number of nitrogens with zero attached hydrogens (tertiary/aromatic N) is 2. The Bertz CT molecular complexity index is 1180. The van der Waals surface area contributed by atoms with E-state index < -0.39 is 33.2 Å². The lowest BCUT2D eigenvalue weighted by Gasteiger charge is -2.14. The fourth-order valence-electron chi connectivity index (χ4n) is 4.78. The highest BCUT2D eigenvalue weighted by molar-refractivity contribution is 6.08. The van der Waals surface area contributed by atoms with Gasteiger partial charge in [0.1, 0.15) is 0 Å². The maximum atomic E-state index is 13.4. The Kier molecular flexibility index (Phi) is 15.8. The van der Waals surface area contributed by atoms with Crippen LogP contribution in [0.5, 0.6) is 0 Å². The molecule has 0 bridgehead atoms. The number of rotatable bonds is 21. The minimum atomic E-state index is -0.799. The van der Waals surface area contributed by atoms with Gasteiger partial charge in [-0.2, -0.15) is 0 Å². The molecular formula is C32H44N2O8. The Morgan fingerprint density at radius 1 is 0.643 bits per heavy atom. The standard InChI is InChI=1S/C32H44N2O8/c1-3-5-7-9-11-13-15-22-41-31(35)28-19-17-18-27(26-21-20-25(33(37)38)24-29(26)34(39)40)30(28)32(36)42-23-16-14-12-10-8-6-4-2/h17-21,24H,3-16,22-23H2,1-2H3. The van der Waals surface area contributed by atoms with Gasteiger partial charge in [0.05, 0.1) is 45.8 Å². The van der Waals surface area contributed by atoms with Crippen molar-refractivity contribution in [3.63, 3.8) is 0 Å². The summed E-state index contributed by atoms with van der Waals surface area (Å²) in [5.74, 6) is -1.53. The topological polar surface area (TPSA) is 139 Å². The lowest BCUT2D eigenvalue weighted by molar-refractivity contribution is -0.393. The second-order valence-corrected chi connectivity index (χ2v) is 10.5. The normalized spacial score (nSPS) is 10.8. The van der Waals surface area contributed by atoms with Crippen LogP contribution in [0.3, 0.4) is 0 Å². The lowest BCUT2D eigenvalue weighted by Crippen LogP contribution is -2.16. The molecule has 0 radical (unpaired) electrons. The van der Waals surface area contributed by atoms with Gasteiger partial charge in [0, 0.05) is 11.6 Å². The van der Waals surface area contributed by atoms with Crippen molar-refractivity contribution in [3.05, 3.63) is 67.8 Å². The summed E-state index contributed by atoms with van der Waals surface area (Å²) in [7, 11) is 0. The van der Waals surface area contributed by atoms with Gasteiger partial charge in [-0.25, -0.2) is 9.59 Å². The van der Waals surface area contributed by atoms with E-state index in [0.29, 0.717) is 12.8 Å². The molecule has 0 aliphatic heterocycles. The van der Waals surface area contributed by atoms with Gasteiger partial charge in [-0.3, -0.25) is 20.2 Å². The average molecular weight is 585 g/mol. The Morgan fingerprint density at radius 3 is 1.69 bits per heavy atom. The van der Waals surface area contributed by atoms with Gasteiger partial charge in [0.15, 0.2) is 0 Å². The van der Waals surface area contributed by atoms with Gasteiger partial charge in [-0.05, 0) is 25.0 Å². The fourth-order valence-corrected chi connectivity index (χ4v) is 4.78. The number of unbranched alkanes of at least 4 members (excludes halogenated alkanes) is 12. The summed E-state index contributed by atoms with van der Waals surface area (Å²) in [5.41, 5.74) is -1.19. The van der Waals surface area contributed by atoms with Crippen LogP contribution in [0.25, 0.3) is 11.1 Å². The summed E-state index contributed by atoms with van der Waals surface area (Å²) >= 11 is 0. The molecule has 10 heteroatoms. The summed E-state index contributed by atoms with van der Waals surface area (Å²) in [6, 6.07) is 7.57. The summed E-state index contributed by atoms with van der Waals surface area (Å²) in [4.78, 5) is 48.2. The van der Waals surface area contributed by atoms with E-state index in [2.05, 4.69) is 13.8 Å². The number of carbonyl (C=O) groups excluding carboxylic acids is 2. The van der Waals surface area contributed by atoms with Gasteiger partial charge in [-0.15, -0.1) is 0 Å². The highest BCUT2D eigenvalue weighted by Crippen LogP contribution is 2.36. The molecule has 2 rings (SSSR count). The van der Waals surface area contributed by atoms with Crippen molar-refractivity contribution in [2.45, 2.75) is 104 Å². The Balaban J connectivity index is 2.26. The van der Waals surface area contributed by atoms with Crippen molar-refractivity contribution in [2.24, 2.45) is 0 Å². The number of nitro benzene ring substituents is 2. The van der Waals surface area contributed by atoms with Gasteiger partial charge in [0.2, 0.25) is 0 Å². The van der Waals surface area contributed by atoms with Crippen molar-refractivity contribution >= 4 is 23.3 Å². The average Bonchev–Trinajstić information content (AvgIpc) is 2.98. The first-order chi connectivity index (χ1) is 20.3. The molecule has 0 aromatic heterocycles. The van der Waals surface area contributed by atoms with Crippen LogP contribution in [-0.2, 0) is 9.47 Å². The van der Waals surface area contributed by atoms with E-state index in [-0.39, 0.29) is 35.5 Å². The predicted octanol–water partition coefficient (Wildman–Crippen LogP) is 8.98. The monoisotopic (exact) mass is 584 g/mol. The highest BCUT2D eigenvalue weighted by Gasteiger charge is 2.28. The van der Waals surface area contributed by atoms with Crippen molar-refractivity contribution in [1.82, 2.24) is 0 Å². The predicted molar refractivity (Wildman–Crippen MR) is 162 cm³/mol. The first-order valence-corrected chi connectivity index (χ1v) is 15.2. The Hall–Kier alpha value is -3.82. The van der Waals surface area contributed by atoms with Gasteiger partial charge >= 0.3 is 11.9 Å². The molecule has 2 aromatic rings. The molecule has 0 saturated carbocycles.